The first-order chi connectivity index (χ1) is 19.6. The lowest BCUT2D eigenvalue weighted by atomic mass is 10.2. The van der Waals surface area contributed by atoms with Gasteiger partial charge in [0.1, 0.15) is 5.69 Å². The topological polar surface area (TPSA) is 95.5 Å². The largest absolute Gasteiger partial charge is 0.464 e. The highest BCUT2D eigenvalue weighted by Crippen LogP contribution is 2.25. The summed E-state index contributed by atoms with van der Waals surface area (Å²) in [5, 5.41) is 0. The fourth-order valence-corrected chi connectivity index (χ4v) is 5.12. The Bertz CT molecular complexity index is 1040. The van der Waals surface area contributed by atoms with Crippen LogP contribution in [0.3, 0.4) is 0 Å². The number of esters is 1. The molecule has 0 N–H and O–H groups in total. The van der Waals surface area contributed by atoms with Crippen molar-refractivity contribution >= 4 is 5.97 Å². The molecule has 1 aliphatic heterocycles. The van der Waals surface area contributed by atoms with Crippen LogP contribution in [-0.4, -0.2) is 111 Å². The van der Waals surface area contributed by atoms with E-state index in [4.69, 9.17) is 23.7 Å². The van der Waals surface area contributed by atoms with Crippen LogP contribution in [-0.2, 0) is 36.8 Å². The van der Waals surface area contributed by atoms with Crippen LogP contribution >= 0.6 is 0 Å². The number of rotatable bonds is 5. The Morgan fingerprint density at radius 3 is 1.93 bits per heavy atom. The number of aryl methyl sites for hydroxylation is 1. The molecule has 1 saturated carbocycles. The first kappa shape index (κ1) is 30.5. The monoisotopic (exact) mass is 556 g/mol. The summed E-state index contributed by atoms with van der Waals surface area (Å²) < 4.78 is 29.3. The van der Waals surface area contributed by atoms with Gasteiger partial charge < -0.3 is 23.7 Å². The second-order valence-corrected chi connectivity index (χ2v) is 10.3. The van der Waals surface area contributed by atoms with Crippen LogP contribution in [0.1, 0.15) is 46.8 Å². The minimum atomic E-state index is -0.435. The van der Waals surface area contributed by atoms with E-state index in [1.54, 1.807) is 6.07 Å². The van der Waals surface area contributed by atoms with Crippen molar-refractivity contribution < 1.29 is 28.5 Å². The molecule has 0 aromatic carbocycles. The summed E-state index contributed by atoms with van der Waals surface area (Å²) in [6.07, 6.45) is 3.37. The number of aromatic nitrogens is 2. The molecule has 0 bridgehead atoms. The van der Waals surface area contributed by atoms with E-state index in [0.717, 1.165) is 69.1 Å². The Morgan fingerprint density at radius 1 is 0.800 bits per heavy atom. The van der Waals surface area contributed by atoms with Gasteiger partial charge in [0, 0.05) is 45.0 Å². The van der Waals surface area contributed by atoms with Gasteiger partial charge >= 0.3 is 5.97 Å². The standard InChI is InChI=1S/C30H44N4O6/c1-24-6-3-7-25(31-24)22-33-12-16-37-20-21-38-17-13-34(23-26-8-4-9-27(32-26)30(35)36-2)15-19-40-29-11-5-10-28(29)39-18-14-33/h3-4,6-9,28-29H,5,10-23H2,1-2H3/t28-,29+/m0/s1. The molecule has 1 aliphatic carbocycles. The van der Waals surface area contributed by atoms with Gasteiger partial charge in [-0.15, -0.1) is 0 Å². The Kier molecular flexibility index (Phi) is 12.7. The number of fused-ring (bicyclic) bond motifs is 1. The van der Waals surface area contributed by atoms with Crippen LogP contribution in [0, 0.1) is 6.92 Å². The fourth-order valence-electron chi connectivity index (χ4n) is 5.12. The molecule has 0 amide bonds. The van der Waals surface area contributed by atoms with Gasteiger partial charge in [-0.1, -0.05) is 12.1 Å². The van der Waals surface area contributed by atoms with Gasteiger partial charge in [0.25, 0.3) is 0 Å². The van der Waals surface area contributed by atoms with Crippen molar-refractivity contribution in [2.75, 3.05) is 72.9 Å². The van der Waals surface area contributed by atoms with Gasteiger partial charge in [0.15, 0.2) is 0 Å². The summed E-state index contributed by atoms with van der Waals surface area (Å²) in [7, 11) is 1.36. The second-order valence-electron chi connectivity index (χ2n) is 10.3. The zero-order valence-electron chi connectivity index (χ0n) is 24.0. The molecule has 2 aromatic rings. The summed E-state index contributed by atoms with van der Waals surface area (Å²) in [5.74, 6) is -0.435. The molecule has 10 heteroatoms. The highest BCUT2D eigenvalue weighted by atomic mass is 16.5. The van der Waals surface area contributed by atoms with Crippen LogP contribution in [0.15, 0.2) is 36.4 Å². The molecule has 2 fully saturated rings. The van der Waals surface area contributed by atoms with E-state index in [1.165, 1.54) is 7.11 Å². The molecule has 2 atom stereocenters. The Labute approximate surface area is 237 Å². The van der Waals surface area contributed by atoms with Crippen molar-refractivity contribution in [1.82, 2.24) is 19.8 Å². The smallest absolute Gasteiger partial charge is 0.356 e. The van der Waals surface area contributed by atoms with E-state index in [2.05, 4.69) is 31.9 Å². The molecule has 0 spiro atoms. The van der Waals surface area contributed by atoms with E-state index < -0.39 is 5.97 Å². The predicted molar refractivity (Wildman–Crippen MR) is 150 cm³/mol. The Hall–Kier alpha value is -2.47. The third kappa shape index (κ3) is 10.2. The third-order valence-corrected chi connectivity index (χ3v) is 7.27. The van der Waals surface area contributed by atoms with Gasteiger partial charge in [-0.25, -0.2) is 9.78 Å². The zero-order valence-corrected chi connectivity index (χ0v) is 24.0. The maximum Gasteiger partial charge on any atom is 0.356 e. The van der Waals surface area contributed by atoms with Crippen LogP contribution in [0.25, 0.3) is 0 Å². The number of ether oxygens (including phenoxy) is 5. The van der Waals surface area contributed by atoms with Crippen molar-refractivity contribution in [2.45, 2.75) is 51.5 Å². The average Bonchev–Trinajstić information content (AvgIpc) is 3.40. The number of pyridine rings is 2. The summed E-state index contributed by atoms with van der Waals surface area (Å²) >= 11 is 0. The SMILES string of the molecule is COC(=O)c1cccc(CN2CCOCCOCCN(Cc3cccc(C)n3)CCO[C@H]3CCC[C@H]3OCC2)n1. The van der Waals surface area contributed by atoms with E-state index in [9.17, 15) is 4.79 Å². The average molecular weight is 557 g/mol. The third-order valence-electron chi connectivity index (χ3n) is 7.27. The van der Waals surface area contributed by atoms with Crippen molar-refractivity contribution in [2.24, 2.45) is 0 Å². The second kappa shape index (κ2) is 16.7. The molecule has 2 aromatic heterocycles. The lowest BCUT2D eigenvalue weighted by Gasteiger charge is -2.27. The molecule has 1 saturated heterocycles. The van der Waals surface area contributed by atoms with Crippen LogP contribution in [0.2, 0.25) is 0 Å². The molecule has 0 unspecified atom stereocenters. The van der Waals surface area contributed by atoms with Crippen molar-refractivity contribution in [3.63, 3.8) is 0 Å². The molecule has 2 aliphatic rings. The molecule has 10 nitrogen and oxygen atoms in total. The molecular weight excluding hydrogens is 512 g/mol. The maximum absolute atomic E-state index is 11.9. The minimum absolute atomic E-state index is 0.105. The van der Waals surface area contributed by atoms with Crippen molar-refractivity contribution in [1.29, 1.82) is 0 Å². The van der Waals surface area contributed by atoms with E-state index in [1.807, 2.05) is 25.1 Å². The van der Waals surface area contributed by atoms with E-state index >= 15 is 0 Å². The Balaban J connectivity index is 1.33. The van der Waals surface area contributed by atoms with Crippen molar-refractivity contribution in [3.8, 4) is 0 Å². The lowest BCUT2D eigenvalue weighted by molar-refractivity contribution is -0.0669. The highest BCUT2D eigenvalue weighted by Gasteiger charge is 2.29. The van der Waals surface area contributed by atoms with Gasteiger partial charge in [-0.3, -0.25) is 14.8 Å². The summed E-state index contributed by atoms with van der Waals surface area (Å²) in [5.41, 5.74) is 3.20. The molecule has 0 radical (unpaired) electrons. The summed E-state index contributed by atoms with van der Waals surface area (Å²) in [6, 6.07) is 11.6. The predicted octanol–water partition coefficient (Wildman–Crippen LogP) is 2.88. The van der Waals surface area contributed by atoms with Gasteiger partial charge in [-0.05, 0) is 50.5 Å². The quantitative estimate of drug-likeness (QED) is 0.512. The lowest BCUT2D eigenvalue weighted by Crippen LogP contribution is -2.36. The summed E-state index contributed by atoms with van der Waals surface area (Å²) in [4.78, 5) is 25.7. The first-order valence-corrected chi connectivity index (χ1v) is 14.4. The molecule has 3 heterocycles. The number of hydrogen-bond acceptors (Lipinski definition) is 10. The van der Waals surface area contributed by atoms with Crippen LogP contribution in [0.5, 0.6) is 0 Å². The minimum Gasteiger partial charge on any atom is -0.464 e. The van der Waals surface area contributed by atoms with Gasteiger partial charge in [0.2, 0.25) is 0 Å². The van der Waals surface area contributed by atoms with E-state index in [-0.39, 0.29) is 12.2 Å². The number of carbonyl (C=O) groups excluding carboxylic acids is 1. The number of hydrogen-bond donors (Lipinski definition) is 0. The maximum atomic E-state index is 11.9. The van der Waals surface area contributed by atoms with Gasteiger partial charge in [0.05, 0.1) is 70.3 Å². The molecule has 40 heavy (non-hydrogen) atoms. The molecular formula is C30H44N4O6. The van der Waals surface area contributed by atoms with Crippen molar-refractivity contribution in [3.05, 3.63) is 59.2 Å². The molecule has 4 rings (SSSR count). The first-order valence-electron chi connectivity index (χ1n) is 14.4. The Morgan fingerprint density at radius 2 is 1.35 bits per heavy atom. The van der Waals surface area contributed by atoms with Crippen LogP contribution < -0.4 is 0 Å². The fraction of sp³-hybridized carbons (Fsp3) is 0.633. The molecule has 220 valence electrons. The summed E-state index contributed by atoms with van der Waals surface area (Å²) in [6.45, 7) is 9.94. The number of nitrogens with zero attached hydrogens (tertiary/aromatic N) is 4. The normalized spacial score (nSPS) is 23.1. The zero-order chi connectivity index (χ0) is 28.0. The number of methoxy groups -OCH3 is 1. The van der Waals surface area contributed by atoms with Gasteiger partial charge in [-0.2, -0.15) is 0 Å². The van der Waals surface area contributed by atoms with Crippen LogP contribution in [0.4, 0.5) is 0 Å². The number of carbonyl (C=O) groups is 1. The van der Waals surface area contributed by atoms with E-state index in [0.29, 0.717) is 51.9 Å². The highest BCUT2D eigenvalue weighted by molar-refractivity contribution is 5.87.